The molecular formula is C24H18N6O5. The van der Waals surface area contributed by atoms with E-state index in [4.69, 9.17) is 0 Å². The first kappa shape index (κ1) is 23.0. The third kappa shape index (κ3) is 5.25. The minimum atomic E-state index is -1.29. The number of nitrogens with one attached hydrogen (secondary N) is 3. The predicted molar refractivity (Wildman–Crippen MR) is 128 cm³/mol. The summed E-state index contributed by atoms with van der Waals surface area (Å²) in [5, 5.41) is 24.4. The number of amides is 2. The lowest BCUT2D eigenvalue weighted by Gasteiger charge is -2.18. The SMILES string of the molecule is O=C(N[C@H](C(=O)N/N=C\c1ccc([N+](=O)[O-])cc1)c1n[nH]c(=O)c2ccccc12)c1ccccc1. The number of nitrogens with zero attached hydrogens (tertiary/aromatic N) is 3. The molecule has 0 aliphatic carbocycles. The van der Waals surface area contributed by atoms with Crippen molar-refractivity contribution in [3.05, 3.63) is 116 Å². The minimum absolute atomic E-state index is 0.0779. The van der Waals surface area contributed by atoms with Gasteiger partial charge in [-0.3, -0.25) is 24.5 Å². The zero-order chi connectivity index (χ0) is 24.8. The molecule has 4 rings (SSSR count). The minimum Gasteiger partial charge on any atom is -0.335 e. The molecule has 174 valence electrons. The van der Waals surface area contributed by atoms with Crippen molar-refractivity contribution in [2.45, 2.75) is 6.04 Å². The molecule has 0 aliphatic heterocycles. The number of non-ortho nitro benzene ring substituents is 1. The van der Waals surface area contributed by atoms with Gasteiger partial charge >= 0.3 is 0 Å². The molecule has 0 bridgehead atoms. The third-order valence-corrected chi connectivity index (χ3v) is 5.06. The lowest BCUT2D eigenvalue weighted by Crippen LogP contribution is -2.40. The van der Waals surface area contributed by atoms with E-state index in [0.717, 1.165) is 0 Å². The molecule has 0 unspecified atom stereocenters. The van der Waals surface area contributed by atoms with Crippen molar-refractivity contribution < 1.29 is 14.5 Å². The van der Waals surface area contributed by atoms with Crippen molar-refractivity contribution in [3.8, 4) is 0 Å². The molecule has 1 heterocycles. The van der Waals surface area contributed by atoms with Gasteiger partial charge in [-0.2, -0.15) is 10.2 Å². The standard InChI is InChI=1S/C24H18N6O5/c31-22(16-6-2-1-3-7-16)26-21(20-18-8-4-5-9-19(18)23(32)29-27-20)24(33)28-25-14-15-10-12-17(13-11-15)30(34)35/h1-14,21H,(H,26,31)(H,28,33)(H,29,32)/b25-14-/t21-/m0/s1. The van der Waals surface area contributed by atoms with E-state index in [1.807, 2.05) is 0 Å². The Hall–Kier alpha value is -5.19. The van der Waals surface area contributed by atoms with E-state index in [-0.39, 0.29) is 11.4 Å². The first-order chi connectivity index (χ1) is 16.9. The molecule has 0 fully saturated rings. The quantitative estimate of drug-likeness (QED) is 0.214. The van der Waals surface area contributed by atoms with Gasteiger partial charge in [-0.1, -0.05) is 36.4 Å². The maximum absolute atomic E-state index is 13.1. The number of aromatic nitrogens is 2. The molecule has 11 nitrogen and oxygen atoms in total. The summed E-state index contributed by atoms with van der Waals surface area (Å²) < 4.78 is 0. The zero-order valence-corrected chi connectivity index (χ0v) is 18.0. The number of carbonyl (C=O) groups excluding carboxylic acids is 2. The monoisotopic (exact) mass is 470 g/mol. The average Bonchev–Trinajstić information content (AvgIpc) is 2.88. The molecule has 4 aromatic rings. The Kier molecular flexibility index (Phi) is 6.68. The molecule has 1 atom stereocenters. The first-order valence-electron chi connectivity index (χ1n) is 10.3. The molecule has 3 aromatic carbocycles. The van der Waals surface area contributed by atoms with Gasteiger partial charge in [0.1, 0.15) is 5.69 Å². The number of carbonyl (C=O) groups is 2. The van der Waals surface area contributed by atoms with Crippen LogP contribution in [0.25, 0.3) is 10.8 Å². The molecule has 0 saturated heterocycles. The third-order valence-electron chi connectivity index (χ3n) is 5.06. The van der Waals surface area contributed by atoms with Gasteiger partial charge in [0.2, 0.25) is 0 Å². The highest BCUT2D eigenvalue weighted by Gasteiger charge is 2.27. The number of nitro benzene ring substituents is 1. The first-order valence-corrected chi connectivity index (χ1v) is 10.3. The van der Waals surface area contributed by atoms with Crippen LogP contribution in [0.4, 0.5) is 5.69 Å². The molecule has 2 amide bonds. The summed E-state index contributed by atoms with van der Waals surface area (Å²) in [6.07, 6.45) is 1.30. The Labute approximate surface area is 197 Å². The number of H-pyrrole nitrogens is 1. The molecule has 0 spiro atoms. The second-order valence-corrected chi connectivity index (χ2v) is 7.34. The average molecular weight is 470 g/mol. The van der Waals surface area contributed by atoms with Gasteiger partial charge in [0, 0.05) is 23.1 Å². The van der Waals surface area contributed by atoms with E-state index in [1.165, 1.54) is 30.5 Å². The van der Waals surface area contributed by atoms with Crippen LogP contribution < -0.4 is 16.3 Å². The van der Waals surface area contributed by atoms with E-state index < -0.39 is 28.3 Å². The molecule has 0 saturated carbocycles. The fraction of sp³-hybridized carbons (Fsp3) is 0.0417. The normalized spacial score (nSPS) is 11.8. The van der Waals surface area contributed by atoms with E-state index in [1.54, 1.807) is 54.6 Å². The number of nitro groups is 1. The van der Waals surface area contributed by atoms with Crippen LogP contribution in [0.1, 0.15) is 27.7 Å². The van der Waals surface area contributed by atoms with Gasteiger partial charge < -0.3 is 5.32 Å². The second kappa shape index (κ2) is 10.2. The van der Waals surface area contributed by atoms with Gasteiger partial charge in [0.05, 0.1) is 16.5 Å². The summed E-state index contributed by atoms with van der Waals surface area (Å²) in [5.74, 6) is -1.24. The number of aromatic amines is 1. The van der Waals surface area contributed by atoms with Gasteiger partial charge in [0.25, 0.3) is 23.1 Å². The number of hydrogen-bond donors (Lipinski definition) is 3. The summed E-state index contributed by atoms with van der Waals surface area (Å²) in [6, 6.07) is 19.2. The lowest BCUT2D eigenvalue weighted by molar-refractivity contribution is -0.384. The lowest BCUT2D eigenvalue weighted by atomic mass is 10.0. The maximum atomic E-state index is 13.1. The van der Waals surface area contributed by atoms with Crippen LogP contribution in [0, 0.1) is 10.1 Å². The molecule has 1 aromatic heterocycles. The summed E-state index contributed by atoms with van der Waals surface area (Å²) >= 11 is 0. The number of hydrazone groups is 1. The highest BCUT2D eigenvalue weighted by Crippen LogP contribution is 2.20. The fourth-order valence-corrected chi connectivity index (χ4v) is 3.34. The Morgan fingerprint density at radius 2 is 1.63 bits per heavy atom. The van der Waals surface area contributed by atoms with Crippen LogP contribution in [-0.2, 0) is 4.79 Å². The second-order valence-electron chi connectivity index (χ2n) is 7.34. The van der Waals surface area contributed by atoms with Crippen LogP contribution >= 0.6 is 0 Å². The number of fused-ring (bicyclic) bond motifs is 1. The van der Waals surface area contributed by atoms with Crippen molar-refractivity contribution >= 4 is 34.5 Å². The van der Waals surface area contributed by atoms with Crippen molar-refractivity contribution in [2.75, 3.05) is 0 Å². The topological polar surface area (TPSA) is 159 Å². The number of hydrogen-bond acceptors (Lipinski definition) is 7. The van der Waals surface area contributed by atoms with Gasteiger partial charge in [0.15, 0.2) is 6.04 Å². The Bertz CT molecular complexity index is 1480. The summed E-state index contributed by atoms with van der Waals surface area (Å²) in [6.45, 7) is 0. The smallest absolute Gasteiger partial charge is 0.272 e. The van der Waals surface area contributed by atoms with Crippen molar-refractivity contribution in [3.63, 3.8) is 0 Å². The van der Waals surface area contributed by atoms with Crippen LogP contribution in [0.15, 0.2) is 88.8 Å². The van der Waals surface area contributed by atoms with Crippen LogP contribution in [0.2, 0.25) is 0 Å². The summed E-state index contributed by atoms with van der Waals surface area (Å²) in [4.78, 5) is 48.4. The van der Waals surface area contributed by atoms with E-state index in [2.05, 4.69) is 26.0 Å². The summed E-state index contributed by atoms with van der Waals surface area (Å²) in [5.41, 5.74) is 2.81. The fourth-order valence-electron chi connectivity index (χ4n) is 3.34. The van der Waals surface area contributed by atoms with Crippen molar-refractivity contribution in [2.24, 2.45) is 5.10 Å². The van der Waals surface area contributed by atoms with Crippen molar-refractivity contribution in [1.82, 2.24) is 20.9 Å². The molecular weight excluding hydrogens is 452 g/mol. The Morgan fingerprint density at radius 3 is 2.31 bits per heavy atom. The molecule has 0 radical (unpaired) electrons. The van der Waals surface area contributed by atoms with E-state index in [9.17, 15) is 24.5 Å². The summed E-state index contributed by atoms with van der Waals surface area (Å²) in [7, 11) is 0. The highest BCUT2D eigenvalue weighted by molar-refractivity contribution is 5.99. The molecule has 11 heteroatoms. The Balaban J connectivity index is 1.63. The predicted octanol–water partition coefficient (Wildman–Crippen LogP) is 2.45. The highest BCUT2D eigenvalue weighted by atomic mass is 16.6. The van der Waals surface area contributed by atoms with E-state index >= 15 is 0 Å². The van der Waals surface area contributed by atoms with Crippen molar-refractivity contribution in [1.29, 1.82) is 0 Å². The molecule has 35 heavy (non-hydrogen) atoms. The van der Waals surface area contributed by atoms with Crippen LogP contribution in [0.5, 0.6) is 0 Å². The molecule has 0 aliphatic rings. The van der Waals surface area contributed by atoms with Gasteiger partial charge in [-0.25, -0.2) is 10.5 Å². The Morgan fingerprint density at radius 1 is 0.971 bits per heavy atom. The zero-order valence-electron chi connectivity index (χ0n) is 18.0. The van der Waals surface area contributed by atoms with Gasteiger partial charge in [-0.05, 0) is 35.9 Å². The van der Waals surface area contributed by atoms with Crippen LogP contribution in [0.3, 0.4) is 0 Å². The largest absolute Gasteiger partial charge is 0.335 e. The van der Waals surface area contributed by atoms with Crippen LogP contribution in [-0.4, -0.2) is 33.1 Å². The van der Waals surface area contributed by atoms with Gasteiger partial charge in [-0.15, -0.1) is 0 Å². The van der Waals surface area contributed by atoms with E-state index in [0.29, 0.717) is 21.9 Å². The number of rotatable bonds is 7. The molecule has 3 N–H and O–H groups in total. The number of benzene rings is 3. The maximum Gasteiger partial charge on any atom is 0.272 e.